The summed E-state index contributed by atoms with van der Waals surface area (Å²) in [7, 11) is 0. The van der Waals surface area contributed by atoms with Crippen molar-refractivity contribution >= 4 is 11.0 Å². The fraction of sp³-hybridized carbons (Fsp3) is 0.400. The molecule has 0 radical (unpaired) electrons. The van der Waals surface area contributed by atoms with Gasteiger partial charge >= 0.3 is 0 Å². The molecule has 2 aromatic heterocycles. The first-order chi connectivity index (χ1) is 6.20. The van der Waals surface area contributed by atoms with Crippen LogP contribution in [0.3, 0.4) is 0 Å². The average molecular weight is 175 g/mol. The number of rotatable bonds is 1. The third-order valence-electron chi connectivity index (χ3n) is 2.12. The molecule has 2 aromatic rings. The molecular formula is C10H13N3. The minimum atomic E-state index is 0.389. The van der Waals surface area contributed by atoms with E-state index >= 15 is 0 Å². The topological polar surface area (TPSA) is 30.7 Å². The van der Waals surface area contributed by atoms with Gasteiger partial charge in [0.05, 0.1) is 11.2 Å². The van der Waals surface area contributed by atoms with Gasteiger partial charge in [0.1, 0.15) is 5.52 Å². The molecule has 0 aliphatic rings. The maximum absolute atomic E-state index is 4.44. The lowest BCUT2D eigenvalue weighted by atomic mass is 10.3. The van der Waals surface area contributed by atoms with E-state index in [2.05, 4.69) is 30.0 Å². The van der Waals surface area contributed by atoms with E-state index in [9.17, 15) is 0 Å². The van der Waals surface area contributed by atoms with Crippen LogP contribution in [-0.4, -0.2) is 14.8 Å². The first-order valence-electron chi connectivity index (χ1n) is 4.50. The Morgan fingerprint density at radius 2 is 2.15 bits per heavy atom. The largest absolute Gasteiger partial charge is 0.260 e. The number of hydrogen-bond donors (Lipinski definition) is 0. The predicted octanol–water partition coefficient (Wildman–Crippen LogP) is 2.32. The average Bonchev–Trinajstić information content (AvgIpc) is 2.45. The van der Waals surface area contributed by atoms with Gasteiger partial charge in [0.25, 0.3) is 0 Å². The van der Waals surface area contributed by atoms with E-state index in [0.29, 0.717) is 6.04 Å². The monoisotopic (exact) mass is 175 g/mol. The molecule has 0 saturated heterocycles. The lowest BCUT2D eigenvalue weighted by molar-refractivity contribution is 0.547. The van der Waals surface area contributed by atoms with Crippen molar-refractivity contribution in [1.29, 1.82) is 0 Å². The Hall–Kier alpha value is -1.38. The van der Waals surface area contributed by atoms with Crippen LogP contribution in [0.2, 0.25) is 0 Å². The van der Waals surface area contributed by atoms with Gasteiger partial charge in [0.15, 0.2) is 0 Å². The molecule has 0 atom stereocenters. The van der Waals surface area contributed by atoms with E-state index in [1.807, 2.05) is 23.9 Å². The summed E-state index contributed by atoms with van der Waals surface area (Å²) in [6, 6.07) is 4.39. The van der Waals surface area contributed by atoms with Crippen LogP contribution < -0.4 is 0 Å². The maximum atomic E-state index is 4.44. The lowest BCUT2D eigenvalue weighted by Crippen LogP contribution is -2.02. The van der Waals surface area contributed by atoms with E-state index in [-0.39, 0.29) is 0 Å². The van der Waals surface area contributed by atoms with Crippen molar-refractivity contribution in [1.82, 2.24) is 14.8 Å². The Balaban J connectivity index is 2.78. The molecule has 0 spiro atoms. The molecule has 0 aliphatic carbocycles. The van der Waals surface area contributed by atoms with Crippen molar-refractivity contribution in [2.75, 3.05) is 0 Å². The summed E-state index contributed by atoms with van der Waals surface area (Å²) in [5.41, 5.74) is 3.13. The lowest BCUT2D eigenvalue weighted by Gasteiger charge is -2.05. The fourth-order valence-corrected chi connectivity index (χ4v) is 1.52. The smallest absolute Gasteiger partial charge is 0.111 e. The second-order valence-electron chi connectivity index (χ2n) is 3.49. The molecule has 13 heavy (non-hydrogen) atoms. The van der Waals surface area contributed by atoms with E-state index in [1.54, 1.807) is 0 Å². The maximum Gasteiger partial charge on any atom is 0.111 e. The Morgan fingerprint density at radius 1 is 1.38 bits per heavy atom. The normalized spacial score (nSPS) is 11.4. The molecule has 3 nitrogen and oxygen atoms in total. The molecular weight excluding hydrogens is 162 g/mol. The third-order valence-corrected chi connectivity index (χ3v) is 2.12. The molecule has 0 amide bonds. The SMILES string of the molecule is Cc1nn(C(C)C)c2cccnc12. The van der Waals surface area contributed by atoms with Crippen molar-refractivity contribution in [3.8, 4) is 0 Å². The Bertz CT molecular complexity index is 429. The molecule has 2 heterocycles. The molecule has 68 valence electrons. The molecule has 0 N–H and O–H groups in total. The van der Waals surface area contributed by atoms with Gasteiger partial charge in [-0.2, -0.15) is 5.10 Å². The zero-order valence-corrected chi connectivity index (χ0v) is 8.15. The van der Waals surface area contributed by atoms with E-state index in [4.69, 9.17) is 0 Å². The van der Waals surface area contributed by atoms with Gasteiger partial charge in [-0.05, 0) is 32.9 Å². The predicted molar refractivity (Wildman–Crippen MR) is 52.7 cm³/mol. The highest BCUT2D eigenvalue weighted by molar-refractivity contribution is 5.77. The number of aromatic nitrogens is 3. The number of aryl methyl sites for hydroxylation is 1. The zero-order valence-electron chi connectivity index (χ0n) is 8.15. The standard InChI is InChI=1S/C10H13N3/c1-7(2)13-9-5-4-6-11-10(9)8(3)12-13/h4-7H,1-3H3. The van der Waals surface area contributed by atoms with E-state index in [0.717, 1.165) is 16.7 Å². The Kier molecular flexibility index (Phi) is 1.79. The van der Waals surface area contributed by atoms with Gasteiger partial charge in [-0.3, -0.25) is 9.67 Å². The van der Waals surface area contributed by atoms with Crippen molar-refractivity contribution in [3.63, 3.8) is 0 Å². The molecule has 0 saturated carbocycles. The summed E-state index contributed by atoms with van der Waals surface area (Å²) in [5, 5.41) is 4.44. The van der Waals surface area contributed by atoms with Gasteiger partial charge in [-0.15, -0.1) is 0 Å². The summed E-state index contributed by atoms with van der Waals surface area (Å²) in [6.07, 6.45) is 1.81. The number of pyridine rings is 1. The Morgan fingerprint density at radius 3 is 2.85 bits per heavy atom. The number of hydrogen-bond acceptors (Lipinski definition) is 2. The minimum absolute atomic E-state index is 0.389. The summed E-state index contributed by atoms with van der Waals surface area (Å²) in [5.74, 6) is 0. The van der Waals surface area contributed by atoms with Crippen molar-refractivity contribution < 1.29 is 0 Å². The van der Waals surface area contributed by atoms with E-state index < -0.39 is 0 Å². The highest BCUT2D eigenvalue weighted by Gasteiger charge is 2.08. The number of fused-ring (bicyclic) bond motifs is 1. The van der Waals surface area contributed by atoms with Gasteiger partial charge in [0.2, 0.25) is 0 Å². The van der Waals surface area contributed by atoms with Crippen LogP contribution in [0, 0.1) is 6.92 Å². The molecule has 0 fully saturated rings. The number of nitrogens with zero attached hydrogens (tertiary/aromatic N) is 3. The minimum Gasteiger partial charge on any atom is -0.260 e. The molecule has 2 rings (SSSR count). The summed E-state index contributed by atoms with van der Waals surface area (Å²) < 4.78 is 2.01. The van der Waals surface area contributed by atoms with Gasteiger partial charge in [-0.25, -0.2) is 0 Å². The first-order valence-corrected chi connectivity index (χ1v) is 4.50. The van der Waals surface area contributed by atoms with Gasteiger partial charge in [-0.1, -0.05) is 0 Å². The molecule has 0 aromatic carbocycles. The fourth-order valence-electron chi connectivity index (χ4n) is 1.52. The van der Waals surface area contributed by atoms with Gasteiger partial charge in [0, 0.05) is 12.2 Å². The van der Waals surface area contributed by atoms with Crippen molar-refractivity contribution in [2.24, 2.45) is 0 Å². The highest BCUT2D eigenvalue weighted by Crippen LogP contribution is 2.18. The van der Waals surface area contributed by atoms with Crippen molar-refractivity contribution in [2.45, 2.75) is 26.8 Å². The van der Waals surface area contributed by atoms with Crippen LogP contribution in [0.5, 0.6) is 0 Å². The summed E-state index contributed by atoms with van der Waals surface area (Å²) in [4.78, 5) is 4.30. The van der Waals surface area contributed by atoms with Gasteiger partial charge < -0.3 is 0 Å². The molecule has 0 aliphatic heterocycles. The summed E-state index contributed by atoms with van der Waals surface area (Å²) >= 11 is 0. The van der Waals surface area contributed by atoms with Crippen LogP contribution in [0.1, 0.15) is 25.6 Å². The Labute approximate surface area is 77.4 Å². The quantitative estimate of drug-likeness (QED) is 0.666. The second kappa shape index (κ2) is 2.83. The van der Waals surface area contributed by atoms with E-state index in [1.165, 1.54) is 0 Å². The third kappa shape index (κ3) is 1.20. The molecule has 0 bridgehead atoms. The van der Waals surface area contributed by atoms with Crippen LogP contribution in [-0.2, 0) is 0 Å². The zero-order chi connectivity index (χ0) is 9.42. The molecule has 3 heteroatoms. The van der Waals surface area contributed by atoms with Crippen molar-refractivity contribution in [3.05, 3.63) is 24.0 Å². The second-order valence-corrected chi connectivity index (χ2v) is 3.49. The summed E-state index contributed by atoms with van der Waals surface area (Å²) in [6.45, 7) is 6.24. The van der Waals surface area contributed by atoms with Crippen LogP contribution in [0.25, 0.3) is 11.0 Å². The van der Waals surface area contributed by atoms with Crippen LogP contribution >= 0.6 is 0 Å². The van der Waals surface area contributed by atoms with Crippen LogP contribution in [0.4, 0.5) is 0 Å². The van der Waals surface area contributed by atoms with Crippen LogP contribution in [0.15, 0.2) is 18.3 Å². The first kappa shape index (κ1) is 8.23. The highest BCUT2D eigenvalue weighted by atomic mass is 15.3. The molecule has 0 unspecified atom stereocenters.